The summed E-state index contributed by atoms with van der Waals surface area (Å²) in [4.78, 5) is 29.0. The van der Waals surface area contributed by atoms with Crippen LogP contribution in [0.25, 0.3) is 10.9 Å². The van der Waals surface area contributed by atoms with E-state index in [9.17, 15) is 9.59 Å². The van der Waals surface area contributed by atoms with Crippen LogP contribution in [0.1, 0.15) is 23.7 Å². The van der Waals surface area contributed by atoms with Crippen molar-refractivity contribution in [1.29, 1.82) is 0 Å². The van der Waals surface area contributed by atoms with Gasteiger partial charge in [0.25, 0.3) is 11.5 Å². The Balaban J connectivity index is 1.99. The minimum atomic E-state index is -0.319. The first kappa shape index (κ1) is 12.7. The number of nitrogens with one attached hydrogen (secondary N) is 1. The highest BCUT2D eigenvalue weighted by Gasteiger charge is 2.20. The number of hydrogen-bond donors (Lipinski definition) is 1. The van der Waals surface area contributed by atoms with Crippen molar-refractivity contribution in [2.45, 2.75) is 13.3 Å². The Bertz CT molecular complexity index is 758. The molecule has 3 rings (SSSR count). The third-order valence-electron chi connectivity index (χ3n) is 3.71. The molecule has 1 aliphatic heterocycles. The Labute approximate surface area is 116 Å². The molecular weight excluding hydrogens is 252 g/mol. The van der Waals surface area contributed by atoms with E-state index in [1.54, 1.807) is 11.0 Å². The van der Waals surface area contributed by atoms with Crippen molar-refractivity contribution in [2.24, 2.45) is 0 Å². The van der Waals surface area contributed by atoms with E-state index in [0.29, 0.717) is 13.1 Å². The predicted octanol–water partition coefficient (Wildman–Crippen LogP) is 2.32. The highest BCUT2D eigenvalue weighted by atomic mass is 16.2. The van der Waals surface area contributed by atoms with Crippen molar-refractivity contribution in [3.63, 3.8) is 0 Å². The van der Waals surface area contributed by atoms with Crippen LogP contribution in [-0.4, -0.2) is 28.9 Å². The molecule has 0 radical (unpaired) electrons. The molecule has 0 atom stereocenters. The van der Waals surface area contributed by atoms with Gasteiger partial charge in [-0.2, -0.15) is 0 Å². The van der Waals surface area contributed by atoms with Crippen LogP contribution in [-0.2, 0) is 0 Å². The zero-order chi connectivity index (χ0) is 14.1. The fourth-order valence-corrected chi connectivity index (χ4v) is 2.43. The average Bonchev–Trinajstić information content (AvgIpc) is 2.46. The number of aromatic amines is 1. The van der Waals surface area contributed by atoms with E-state index < -0.39 is 0 Å². The van der Waals surface area contributed by atoms with Crippen LogP contribution >= 0.6 is 0 Å². The number of aromatic nitrogens is 1. The van der Waals surface area contributed by atoms with Gasteiger partial charge < -0.3 is 9.88 Å². The maximum atomic E-state index is 12.4. The molecule has 4 heteroatoms. The van der Waals surface area contributed by atoms with Crippen molar-refractivity contribution in [3.05, 3.63) is 57.9 Å². The zero-order valence-electron chi connectivity index (χ0n) is 11.3. The van der Waals surface area contributed by atoms with Crippen LogP contribution in [0.5, 0.6) is 0 Å². The van der Waals surface area contributed by atoms with Gasteiger partial charge in [0, 0.05) is 18.6 Å². The molecule has 1 N–H and O–H groups in total. The Morgan fingerprint density at radius 3 is 2.85 bits per heavy atom. The molecule has 1 aliphatic rings. The van der Waals surface area contributed by atoms with E-state index in [4.69, 9.17) is 0 Å². The SMILES string of the molecule is CC1=CCN(C(=O)c2cc3ccccc3[nH]c2=O)CC1. The number of H-pyrrole nitrogens is 1. The average molecular weight is 268 g/mol. The molecule has 102 valence electrons. The lowest BCUT2D eigenvalue weighted by atomic mass is 10.1. The van der Waals surface area contributed by atoms with Crippen LogP contribution in [0.3, 0.4) is 0 Å². The number of amides is 1. The quantitative estimate of drug-likeness (QED) is 0.807. The second kappa shape index (κ2) is 4.96. The summed E-state index contributed by atoms with van der Waals surface area (Å²) < 4.78 is 0. The van der Waals surface area contributed by atoms with Crippen LogP contribution < -0.4 is 5.56 Å². The second-order valence-corrected chi connectivity index (χ2v) is 5.15. The molecule has 0 spiro atoms. The van der Waals surface area contributed by atoms with Gasteiger partial charge in [-0.15, -0.1) is 0 Å². The molecule has 1 aromatic carbocycles. The van der Waals surface area contributed by atoms with Crippen molar-refractivity contribution in [2.75, 3.05) is 13.1 Å². The fourth-order valence-electron chi connectivity index (χ4n) is 2.43. The van der Waals surface area contributed by atoms with E-state index in [1.807, 2.05) is 30.3 Å². The lowest BCUT2D eigenvalue weighted by molar-refractivity contribution is 0.0767. The van der Waals surface area contributed by atoms with Gasteiger partial charge in [-0.05, 0) is 30.9 Å². The monoisotopic (exact) mass is 268 g/mol. The van der Waals surface area contributed by atoms with E-state index >= 15 is 0 Å². The molecule has 1 aromatic heterocycles. The zero-order valence-corrected chi connectivity index (χ0v) is 11.3. The number of pyridine rings is 1. The summed E-state index contributed by atoms with van der Waals surface area (Å²) in [5, 5.41) is 0.874. The van der Waals surface area contributed by atoms with Gasteiger partial charge in [0.2, 0.25) is 0 Å². The third kappa shape index (κ3) is 2.25. The molecule has 2 heterocycles. The van der Waals surface area contributed by atoms with E-state index in [1.165, 1.54) is 5.57 Å². The molecule has 0 bridgehead atoms. The first-order chi connectivity index (χ1) is 9.65. The minimum absolute atomic E-state index is 0.194. The predicted molar refractivity (Wildman–Crippen MR) is 78.8 cm³/mol. The molecular formula is C16H16N2O2. The van der Waals surface area contributed by atoms with Gasteiger partial charge in [0.15, 0.2) is 0 Å². The maximum Gasteiger partial charge on any atom is 0.261 e. The highest BCUT2D eigenvalue weighted by Crippen LogP contribution is 2.14. The number of carbonyl (C=O) groups excluding carboxylic acids is 1. The summed E-state index contributed by atoms with van der Waals surface area (Å²) in [7, 11) is 0. The van der Waals surface area contributed by atoms with Gasteiger partial charge in [-0.25, -0.2) is 0 Å². The summed E-state index contributed by atoms with van der Waals surface area (Å²) in [5.74, 6) is -0.194. The largest absolute Gasteiger partial charge is 0.334 e. The Hall–Kier alpha value is -2.36. The number of hydrogen-bond acceptors (Lipinski definition) is 2. The number of benzene rings is 1. The van der Waals surface area contributed by atoms with E-state index in [2.05, 4.69) is 11.9 Å². The summed E-state index contributed by atoms with van der Waals surface area (Å²) in [6.45, 7) is 3.31. The lowest BCUT2D eigenvalue weighted by Gasteiger charge is -2.25. The van der Waals surface area contributed by atoms with Crippen LogP contribution in [0, 0.1) is 0 Å². The molecule has 2 aromatic rings. The third-order valence-corrected chi connectivity index (χ3v) is 3.71. The van der Waals surface area contributed by atoms with Crippen LogP contribution in [0.2, 0.25) is 0 Å². The highest BCUT2D eigenvalue weighted by molar-refractivity contribution is 5.97. The van der Waals surface area contributed by atoms with Crippen molar-refractivity contribution in [3.8, 4) is 0 Å². The lowest BCUT2D eigenvalue weighted by Crippen LogP contribution is -2.37. The van der Waals surface area contributed by atoms with Gasteiger partial charge in [0.05, 0.1) is 0 Å². The Kier molecular flexibility index (Phi) is 3.14. The number of rotatable bonds is 1. The Morgan fingerprint density at radius 1 is 1.30 bits per heavy atom. The fraction of sp³-hybridized carbons (Fsp3) is 0.250. The second-order valence-electron chi connectivity index (χ2n) is 5.15. The van der Waals surface area contributed by atoms with Crippen LogP contribution in [0.15, 0.2) is 46.8 Å². The molecule has 0 saturated carbocycles. The Morgan fingerprint density at radius 2 is 2.10 bits per heavy atom. The first-order valence-corrected chi connectivity index (χ1v) is 6.72. The molecule has 20 heavy (non-hydrogen) atoms. The molecule has 1 amide bonds. The van der Waals surface area contributed by atoms with Crippen LogP contribution in [0.4, 0.5) is 0 Å². The van der Waals surface area contributed by atoms with Crippen molar-refractivity contribution < 1.29 is 4.79 Å². The molecule has 0 fully saturated rings. The summed E-state index contributed by atoms with van der Waals surface area (Å²) in [5.41, 5.74) is 1.95. The van der Waals surface area contributed by atoms with Gasteiger partial charge in [-0.1, -0.05) is 29.8 Å². The normalized spacial score (nSPS) is 15.2. The number of nitrogens with zero attached hydrogens (tertiary/aromatic N) is 1. The number of para-hydroxylation sites is 1. The topological polar surface area (TPSA) is 53.2 Å². The van der Waals surface area contributed by atoms with Crippen molar-refractivity contribution >= 4 is 16.8 Å². The van der Waals surface area contributed by atoms with Crippen molar-refractivity contribution in [1.82, 2.24) is 9.88 Å². The standard InChI is InChI=1S/C16H16N2O2/c1-11-6-8-18(9-7-11)16(20)13-10-12-4-2-3-5-14(12)17-15(13)19/h2-6,10H,7-9H2,1H3,(H,17,19). The molecule has 0 saturated heterocycles. The molecule has 0 aliphatic carbocycles. The minimum Gasteiger partial charge on any atom is -0.334 e. The summed E-state index contributed by atoms with van der Waals surface area (Å²) in [6, 6.07) is 9.15. The first-order valence-electron chi connectivity index (χ1n) is 6.72. The summed E-state index contributed by atoms with van der Waals surface area (Å²) >= 11 is 0. The molecule has 4 nitrogen and oxygen atoms in total. The van der Waals surface area contributed by atoms with E-state index in [-0.39, 0.29) is 17.0 Å². The summed E-state index contributed by atoms with van der Waals surface area (Å²) in [6.07, 6.45) is 2.91. The smallest absolute Gasteiger partial charge is 0.261 e. The van der Waals surface area contributed by atoms with Gasteiger partial charge in [0.1, 0.15) is 5.56 Å². The number of carbonyl (C=O) groups is 1. The van der Waals surface area contributed by atoms with E-state index in [0.717, 1.165) is 17.3 Å². The number of fused-ring (bicyclic) bond motifs is 1. The maximum absolute atomic E-state index is 12.4. The molecule has 0 unspecified atom stereocenters. The van der Waals surface area contributed by atoms with Gasteiger partial charge >= 0.3 is 0 Å². The van der Waals surface area contributed by atoms with Gasteiger partial charge in [-0.3, -0.25) is 9.59 Å².